The van der Waals surface area contributed by atoms with E-state index in [0.717, 1.165) is 55.4 Å². The summed E-state index contributed by atoms with van der Waals surface area (Å²) in [5, 5.41) is 6.78. The molecule has 1 aliphatic rings. The van der Waals surface area contributed by atoms with E-state index in [1.807, 2.05) is 30.3 Å². The average Bonchev–Trinajstić information content (AvgIpc) is 2.67. The summed E-state index contributed by atoms with van der Waals surface area (Å²) >= 11 is 0. The summed E-state index contributed by atoms with van der Waals surface area (Å²) in [4.78, 5) is 4.24. The maximum absolute atomic E-state index is 5.66. The standard InChI is InChI=1S/C19H25N3O3/c1-23-16-12-15(13-17-19(16)25-11-10-24-17)14-20-7-4-5-9-22-18-6-2-3-8-21-18/h2-3,6,8,12-13,20H,4-5,7,9-11,14H2,1H3,(H,21,22). The summed E-state index contributed by atoms with van der Waals surface area (Å²) in [5.41, 5.74) is 1.13. The van der Waals surface area contributed by atoms with Crippen molar-refractivity contribution in [3.8, 4) is 17.2 Å². The van der Waals surface area contributed by atoms with Crippen LogP contribution in [-0.2, 0) is 6.54 Å². The normalized spacial score (nSPS) is 12.7. The molecule has 0 atom stereocenters. The van der Waals surface area contributed by atoms with Crippen molar-refractivity contribution < 1.29 is 14.2 Å². The lowest BCUT2D eigenvalue weighted by atomic mass is 10.1. The number of ether oxygens (including phenoxy) is 3. The number of rotatable bonds is 9. The van der Waals surface area contributed by atoms with Crippen molar-refractivity contribution in [1.29, 1.82) is 0 Å². The van der Waals surface area contributed by atoms with Gasteiger partial charge in [0.25, 0.3) is 0 Å². The molecule has 1 aliphatic heterocycles. The van der Waals surface area contributed by atoms with Gasteiger partial charge in [-0.05, 0) is 49.2 Å². The Hall–Kier alpha value is -2.47. The van der Waals surface area contributed by atoms with E-state index in [9.17, 15) is 0 Å². The summed E-state index contributed by atoms with van der Waals surface area (Å²) in [5.74, 6) is 3.13. The van der Waals surface area contributed by atoms with Crippen LogP contribution in [-0.4, -0.2) is 38.4 Å². The highest BCUT2D eigenvalue weighted by molar-refractivity contribution is 5.54. The number of unbranched alkanes of at least 4 members (excludes halogenated alkanes) is 1. The molecule has 25 heavy (non-hydrogen) atoms. The minimum absolute atomic E-state index is 0.563. The van der Waals surface area contributed by atoms with Crippen LogP contribution in [0.1, 0.15) is 18.4 Å². The van der Waals surface area contributed by atoms with Crippen molar-refractivity contribution in [2.24, 2.45) is 0 Å². The Morgan fingerprint density at radius 1 is 1.12 bits per heavy atom. The maximum atomic E-state index is 5.66. The number of hydrogen-bond donors (Lipinski definition) is 2. The van der Waals surface area contributed by atoms with Crippen LogP contribution in [0.3, 0.4) is 0 Å². The third-order valence-corrected chi connectivity index (χ3v) is 3.97. The highest BCUT2D eigenvalue weighted by Crippen LogP contribution is 2.40. The number of pyridine rings is 1. The Balaban J connectivity index is 1.37. The number of benzene rings is 1. The number of fused-ring (bicyclic) bond motifs is 1. The van der Waals surface area contributed by atoms with Gasteiger partial charge in [0.2, 0.25) is 5.75 Å². The molecule has 134 valence electrons. The van der Waals surface area contributed by atoms with Crippen LogP contribution >= 0.6 is 0 Å². The van der Waals surface area contributed by atoms with E-state index >= 15 is 0 Å². The van der Waals surface area contributed by atoms with Gasteiger partial charge in [0.15, 0.2) is 11.5 Å². The number of hydrogen-bond acceptors (Lipinski definition) is 6. The first kappa shape index (κ1) is 17.4. The van der Waals surface area contributed by atoms with Gasteiger partial charge in [-0.1, -0.05) is 6.07 Å². The van der Waals surface area contributed by atoms with Crippen LogP contribution in [0.2, 0.25) is 0 Å². The van der Waals surface area contributed by atoms with Crippen molar-refractivity contribution in [3.05, 3.63) is 42.1 Å². The van der Waals surface area contributed by atoms with Crippen LogP contribution in [0.4, 0.5) is 5.82 Å². The first-order valence-corrected chi connectivity index (χ1v) is 8.69. The van der Waals surface area contributed by atoms with E-state index in [1.165, 1.54) is 0 Å². The van der Waals surface area contributed by atoms with Crippen molar-refractivity contribution in [1.82, 2.24) is 10.3 Å². The fraction of sp³-hybridized carbons (Fsp3) is 0.421. The van der Waals surface area contributed by atoms with Crippen molar-refractivity contribution in [2.75, 3.05) is 38.7 Å². The third-order valence-electron chi connectivity index (χ3n) is 3.97. The van der Waals surface area contributed by atoms with Crippen LogP contribution < -0.4 is 24.8 Å². The molecule has 0 fully saturated rings. The second-order valence-corrected chi connectivity index (χ2v) is 5.85. The topological polar surface area (TPSA) is 64.6 Å². The predicted molar refractivity (Wildman–Crippen MR) is 97.7 cm³/mol. The number of aromatic nitrogens is 1. The zero-order valence-electron chi connectivity index (χ0n) is 14.6. The molecule has 2 N–H and O–H groups in total. The third kappa shape index (κ3) is 5.00. The van der Waals surface area contributed by atoms with Crippen LogP contribution in [0.15, 0.2) is 36.5 Å². The molecule has 2 aromatic rings. The van der Waals surface area contributed by atoms with Gasteiger partial charge in [0, 0.05) is 19.3 Å². The Labute approximate surface area is 148 Å². The van der Waals surface area contributed by atoms with Gasteiger partial charge in [0.05, 0.1) is 7.11 Å². The molecule has 1 aromatic heterocycles. The summed E-state index contributed by atoms with van der Waals surface area (Å²) in [6, 6.07) is 9.91. The monoisotopic (exact) mass is 343 g/mol. The number of anilines is 1. The molecule has 0 amide bonds. The molecule has 0 unspecified atom stereocenters. The van der Waals surface area contributed by atoms with Crippen LogP contribution in [0.25, 0.3) is 0 Å². The Morgan fingerprint density at radius 3 is 2.84 bits per heavy atom. The van der Waals surface area contributed by atoms with Crippen molar-refractivity contribution in [3.63, 3.8) is 0 Å². The number of nitrogens with zero attached hydrogens (tertiary/aromatic N) is 1. The number of nitrogens with one attached hydrogen (secondary N) is 2. The average molecular weight is 343 g/mol. The second-order valence-electron chi connectivity index (χ2n) is 5.85. The van der Waals surface area contributed by atoms with E-state index in [4.69, 9.17) is 14.2 Å². The minimum Gasteiger partial charge on any atom is -0.493 e. The predicted octanol–water partition coefficient (Wildman–Crippen LogP) is 2.84. The van der Waals surface area contributed by atoms with E-state index in [1.54, 1.807) is 13.3 Å². The molecule has 1 aromatic carbocycles. The van der Waals surface area contributed by atoms with E-state index in [0.29, 0.717) is 19.0 Å². The van der Waals surface area contributed by atoms with Crippen molar-refractivity contribution >= 4 is 5.82 Å². The lowest BCUT2D eigenvalue weighted by Crippen LogP contribution is -2.18. The summed E-state index contributed by atoms with van der Waals surface area (Å²) < 4.78 is 16.7. The fourth-order valence-corrected chi connectivity index (χ4v) is 2.72. The lowest BCUT2D eigenvalue weighted by molar-refractivity contribution is 0.165. The van der Waals surface area contributed by atoms with Gasteiger partial charge in [-0.15, -0.1) is 0 Å². The zero-order chi connectivity index (χ0) is 17.3. The van der Waals surface area contributed by atoms with Gasteiger partial charge in [-0.25, -0.2) is 4.98 Å². The summed E-state index contributed by atoms with van der Waals surface area (Å²) in [6.45, 7) is 3.81. The van der Waals surface area contributed by atoms with Gasteiger partial charge >= 0.3 is 0 Å². The largest absolute Gasteiger partial charge is 0.493 e. The number of methoxy groups -OCH3 is 1. The van der Waals surface area contributed by atoms with Gasteiger partial charge in [-0.2, -0.15) is 0 Å². The Bertz CT molecular complexity index is 647. The molecule has 0 bridgehead atoms. The first-order valence-electron chi connectivity index (χ1n) is 8.69. The molecule has 0 aliphatic carbocycles. The molecule has 0 saturated heterocycles. The van der Waals surface area contributed by atoms with E-state index in [2.05, 4.69) is 15.6 Å². The van der Waals surface area contributed by atoms with Crippen LogP contribution in [0, 0.1) is 0 Å². The smallest absolute Gasteiger partial charge is 0.203 e. The molecule has 6 nitrogen and oxygen atoms in total. The van der Waals surface area contributed by atoms with E-state index < -0.39 is 0 Å². The minimum atomic E-state index is 0.563. The lowest BCUT2D eigenvalue weighted by Gasteiger charge is -2.21. The molecular formula is C19H25N3O3. The Morgan fingerprint density at radius 2 is 2.00 bits per heavy atom. The fourth-order valence-electron chi connectivity index (χ4n) is 2.72. The molecule has 0 radical (unpaired) electrons. The van der Waals surface area contributed by atoms with Crippen molar-refractivity contribution in [2.45, 2.75) is 19.4 Å². The SMILES string of the molecule is COc1cc(CNCCCCNc2ccccn2)cc2c1OCCO2. The van der Waals surface area contributed by atoms with Gasteiger partial charge < -0.3 is 24.8 Å². The second kappa shape index (κ2) is 9.13. The maximum Gasteiger partial charge on any atom is 0.203 e. The molecule has 2 heterocycles. The van der Waals surface area contributed by atoms with Crippen LogP contribution in [0.5, 0.6) is 17.2 Å². The molecular weight excluding hydrogens is 318 g/mol. The summed E-state index contributed by atoms with van der Waals surface area (Å²) in [7, 11) is 1.65. The Kier molecular flexibility index (Phi) is 6.34. The molecule has 6 heteroatoms. The highest BCUT2D eigenvalue weighted by Gasteiger charge is 2.18. The quantitative estimate of drug-likeness (QED) is 0.683. The molecule has 0 saturated carbocycles. The highest BCUT2D eigenvalue weighted by atomic mass is 16.6. The molecule has 3 rings (SSSR count). The zero-order valence-corrected chi connectivity index (χ0v) is 14.6. The van der Waals surface area contributed by atoms with Gasteiger partial charge in [0.1, 0.15) is 19.0 Å². The summed E-state index contributed by atoms with van der Waals surface area (Å²) in [6.07, 6.45) is 3.99. The first-order chi connectivity index (χ1) is 12.4. The van der Waals surface area contributed by atoms with Gasteiger partial charge in [-0.3, -0.25) is 0 Å². The van der Waals surface area contributed by atoms with E-state index in [-0.39, 0.29) is 0 Å². The molecule has 0 spiro atoms.